The van der Waals surface area contributed by atoms with E-state index in [4.69, 9.17) is 0 Å². The van der Waals surface area contributed by atoms with Crippen LogP contribution < -0.4 is 5.32 Å². The van der Waals surface area contributed by atoms with E-state index in [1.54, 1.807) is 40.1 Å². The number of aromatic nitrogens is 1. The second-order valence-corrected chi connectivity index (χ2v) is 6.82. The predicted molar refractivity (Wildman–Crippen MR) is 107 cm³/mol. The highest BCUT2D eigenvalue weighted by Gasteiger charge is 2.24. The highest BCUT2D eigenvalue weighted by atomic mass is 16.2. The van der Waals surface area contributed by atoms with Gasteiger partial charge >= 0.3 is 0 Å². The van der Waals surface area contributed by atoms with Crippen LogP contribution in [-0.4, -0.2) is 64.5 Å². The van der Waals surface area contributed by atoms with Crippen LogP contribution in [-0.2, 0) is 4.79 Å². The summed E-state index contributed by atoms with van der Waals surface area (Å²) in [4.78, 5) is 55.4. The average molecular weight is 394 g/mol. The lowest BCUT2D eigenvalue weighted by Crippen LogP contribution is -2.50. The summed E-state index contributed by atoms with van der Waals surface area (Å²) in [7, 11) is 0. The Balaban J connectivity index is 1.67. The molecule has 1 saturated heterocycles. The van der Waals surface area contributed by atoms with E-state index in [9.17, 15) is 19.2 Å². The first-order valence-corrected chi connectivity index (χ1v) is 9.28. The van der Waals surface area contributed by atoms with Gasteiger partial charge in [-0.05, 0) is 43.3 Å². The Kier molecular flexibility index (Phi) is 6.01. The lowest BCUT2D eigenvalue weighted by molar-refractivity contribution is -0.130. The summed E-state index contributed by atoms with van der Waals surface area (Å²) in [5.41, 5.74) is 1.57. The summed E-state index contributed by atoms with van der Waals surface area (Å²) in [5, 5.41) is 2.71. The second kappa shape index (κ2) is 8.64. The van der Waals surface area contributed by atoms with Crippen LogP contribution in [0.25, 0.3) is 0 Å². The van der Waals surface area contributed by atoms with E-state index >= 15 is 0 Å². The van der Waals surface area contributed by atoms with Crippen LogP contribution in [0, 0.1) is 0 Å². The van der Waals surface area contributed by atoms with Gasteiger partial charge in [0.1, 0.15) is 5.69 Å². The fourth-order valence-corrected chi connectivity index (χ4v) is 3.08. The van der Waals surface area contributed by atoms with E-state index in [1.807, 2.05) is 0 Å². The van der Waals surface area contributed by atoms with E-state index in [1.165, 1.54) is 26.1 Å². The number of ketones is 1. The molecular weight excluding hydrogens is 372 g/mol. The summed E-state index contributed by atoms with van der Waals surface area (Å²) in [6.07, 6.45) is 1.42. The fraction of sp³-hybridized carbons (Fsp3) is 0.286. The SMILES string of the molecule is CC(=O)c1ccc(NC(=O)c2cc(C(=O)N3CCN(C(C)=O)CC3)ccn2)cc1. The molecule has 0 atom stereocenters. The van der Waals surface area contributed by atoms with Crippen LogP contribution in [0.15, 0.2) is 42.6 Å². The van der Waals surface area contributed by atoms with Crippen molar-refractivity contribution in [2.45, 2.75) is 13.8 Å². The van der Waals surface area contributed by atoms with Crippen molar-refractivity contribution < 1.29 is 19.2 Å². The molecule has 3 rings (SSSR count). The number of anilines is 1. The maximum absolute atomic E-state index is 12.7. The predicted octanol–water partition coefficient (Wildman–Crippen LogP) is 1.84. The van der Waals surface area contributed by atoms with Gasteiger partial charge in [0.15, 0.2) is 5.78 Å². The number of benzene rings is 1. The normalized spacial score (nSPS) is 13.7. The van der Waals surface area contributed by atoms with Crippen molar-refractivity contribution in [2.75, 3.05) is 31.5 Å². The molecule has 8 heteroatoms. The van der Waals surface area contributed by atoms with Crippen LogP contribution in [0.2, 0.25) is 0 Å². The van der Waals surface area contributed by atoms with Gasteiger partial charge in [0.05, 0.1) is 0 Å². The van der Waals surface area contributed by atoms with Crippen LogP contribution in [0.3, 0.4) is 0 Å². The molecule has 0 spiro atoms. The van der Waals surface area contributed by atoms with Crippen molar-refractivity contribution >= 4 is 29.2 Å². The minimum absolute atomic E-state index is 0.00342. The lowest BCUT2D eigenvalue weighted by atomic mass is 10.1. The molecular formula is C21H22N4O4. The first-order chi connectivity index (χ1) is 13.8. The van der Waals surface area contributed by atoms with Gasteiger partial charge in [0, 0.05) is 56.1 Å². The van der Waals surface area contributed by atoms with Gasteiger partial charge < -0.3 is 15.1 Å². The molecule has 1 aromatic heterocycles. The monoisotopic (exact) mass is 394 g/mol. The summed E-state index contributed by atoms with van der Waals surface area (Å²) in [6.45, 7) is 4.87. The van der Waals surface area contributed by atoms with Crippen molar-refractivity contribution in [2.24, 2.45) is 0 Å². The number of amides is 3. The molecule has 1 N–H and O–H groups in total. The molecule has 1 aromatic carbocycles. The number of nitrogens with one attached hydrogen (secondary N) is 1. The number of pyridine rings is 1. The average Bonchev–Trinajstić information content (AvgIpc) is 2.73. The number of nitrogens with zero attached hydrogens (tertiary/aromatic N) is 3. The van der Waals surface area contributed by atoms with Crippen molar-refractivity contribution in [1.29, 1.82) is 0 Å². The number of hydrogen-bond donors (Lipinski definition) is 1. The van der Waals surface area contributed by atoms with Gasteiger partial charge in [0.25, 0.3) is 11.8 Å². The number of carbonyl (C=O) groups excluding carboxylic acids is 4. The van der Waals surface area contributed by atoms with Gasteiger partial charge in [-0.2, -0.15) is 0 Å². The molecule has 1 fully saturated rings. The van der Waals surface area contributed by atoms with Gasteiger partial charge in [-0.1, -0.05) is 0 Å². The third kappa shape index (κ3) is 4.84. The Bertz CT molecular complexity index is 947. The summed E-state index contributed by atoms with van der Waals surface area (Å²) in [6, 6.07) is 9.56. The van der Waals surface area contributed by atoms with Crippen LogP contribution in [0.1, 0.15) is 45.1 Å². The van der Waals surface area contributed by atoms with Crippen molar-refractivity contribution in [3.63, 3.8) is 0 Å². The van der Waals surface area contributed by atoms with E-state index in [2.05, 4.69) is 10.3 Å². The Hall–Kier alpha value is -3.55. The number of piperazine rings is 1. The minimum atomic E-state index is -0.448. The molecule has 3 amide bonds. The van der Waals surface area contributed by atoms with E-state index < -0.39 is 5.91 Å². The third-order valence-electron chi connectivity index (χ3n) is 4.80. The smallest absolute Gasteiger partial charge is 0.274 e. The number of hydrogen-bond acceptors (Lipinski definition) is 5. The molecule has 29 heavy (non-hydrogen) atoms. The van der Waals surface area contributed by atoms with Gasteiger partial charge in [-0.25, -0.2) is 0 Å². The molecule has 0 saturated carbocycles. The van der Waals surface area contributed by atoms with Crippen LogP contribution >= 0.6 is 0 Å². The highest BCUT2D eigenvalue weighted by Crippen LogP contribution is 2.13. The van der Waals surface area contributed by atoms with E-state index in [-0.39, 0.29) is 23.3 Å². The zero-order valence-electron chi connectivity index (χ0n) is 16.3. The van der Waals surface area contributed by atoms with E-state index in [0.29, 0.717) is 43.0 Å². The first kappa shape index (κ1) is 20.2. The van der Waals surface area contributed by atoms with Gasteiger partial charge in [0.2, 0.25) is 5.91 Å². The van der Waals surface area contributed by atoms with Gasteiger partial charge in [-0.15, -0.1) is 0 Å². The van der Waals surface area contributed by atoms with Crippen molar-refractivity contribution in [3.05, 3.63) is 59.4 Å². The first-order valence-electron chi connectivity index (χ1n) is 9.28. The summed E-state index contributed by atoms with van der Waals surface area (Å²) < 4.78 is 0. The molecule has 1 aliphatic rings. The molecule has 2 aromatic rings. The zero-order chi connectivity index (χ0) is 21.0. The highest BCUT2D eigenvalue weighted by molar-refractivity contribution is 6.05. The maximum atomic E-state index is 12.7. The lowest BCUT2D eigenvalue weighted by Gasteiger charge is -2.34. The molecule has 1 aliphatic heterocycles. The Morgan fingerprint density at radius 2 is 1.48 bits per heavy atom. The fourth-order valence-electron chi connectivity index (χ4n) is 3.08. The minimum Gasteiger partial charge on any atom is -0.339 e. The van der Waals surface area contributed by atoms with E-state index in [0.717, 1.165) is 0 Å². The second-order valence-electron chi connectivity index (χ2n) is 6.82. The van der Waals surface area contributed by atoms with Crippen molar-refractivity contribution in [1.82, 2.24) is 14.8 Å². The molecule has 0 radical (unpaired) electrons. The third-order valence-corrected chi connectivity index (χ3v) is 4.80. The number of carbonyl (C=O) groups is 4. The van der Waals surface area contributed by atoms with Crippen LogP contribution in [0.5, 0.6) is 0 Å². The van der Waals surface area contributed by atoms with Crippen LogP contribution in [0.4, 0.5) is 5.69 Å². The Labute approximate surface area is 168 Å². The molecule has 0 unspecified atom stereocenters. The van der Waals surface area contributed by atoms with Crippen molar-refractivity contribution in [3.8, 4) is 0 Å². The zero-order valence-corrected chi connectivity index (χ0v) is 16.3. The molecule has 0 aliphatic carbocycles. The molecule has 8 nitrogen and oxygen atoms in total. The maximum Gasteiger partial charge on any atom is 0.274 e. The summed E-state index contributed by atoms with van der Waals surface area (Å²) >= 11 is 0. The molecule has 2 heterocycles. The molecule has 0 bridgehead atoms. The van der Waals surface area contributed by atoms with Gasteiger partial charge in [-0.3, -0.25) is 24.2 Å². The molecule has 150 valence electrons. The Morgan fingerprint density at radius 3 is 2.07 bits per heavy atom. The quantitative estimate of drug-likeness (QED) is 0.798. The topological polar surface area (TPSA) is 99.7 Å². The largest absolute Gasteiger partial charge is 0.339 e. The number of rotatable bonds is 4. The Morgan fingerprint density at radius 1 is 0.862 bits per heavy atom. The standard InChI is InChI=1S/C21H22N4O4/c1-14(26)16-3-5-18(6-4-16)23-20(28)19-13-17(7-8-22-19)21(29)25-11-9-24(10-12-25)15(2)27/h3-8,13H,9-12H2,1-2H3,(H,23,28). The summed E-state index contributed by atoms with van der Waals surface area (Å²) in [5.74, 6) is -0.705. The number of Topliss-reactive ketones (excluding diaryl/α,β-unsaturated/α-hetero) is 1.